The molecule has 2 amide bonds. The zero-order valence-corrected chi connectivity index (χ0v) is 11.3. The lowest BCUT2D eigenvalue weighted by atomic mass is 10.2. The second-order valence-corrected chi connectivity index (χ2v) is 5.04. The van der Waals surface area contributed by atoms with Gasteiger partial charge in [-0.2, -0.15) is 0 Å². The Kier molecular flexibility index (Phi) is 4.55. The number of amides is 2. The molecule has 0 atom stereocenters. The van der Waals surface area contributed by atoms with Gasteiger partial charge < -0.3 is 10.2 Å². The van der Waals surface area contributed by atoms with Gasteiger partial charge in [-0.1, -0.05) is 18.6 Å². The maximum atomic E-state index is 11.9. The van der Waals surface area contributed by atoms with Gasteiger partial charge in [0.2, 0.25) is 11.8 Å². The minimum absolute atomic E-state index is 0.0943. The van der Waals surface area contributed by atoms with Crippen molar-refractivity contribution in [2.75, 3.05) is 18.4 Å². The van der Waals surface area contributed by atoms with Crippen LogP contribution in [0.4, 0.5) is 5.69 Å². The predicted octanol–water partition coefficient (Wildman–Crippen LogP) is 2.34. The fourth-order valence-electron chi connectivity index (χ4n) is 2.30. The van der Waals surface area contributed by atoms with Crippen LogP contribution in [-0.2, 0) is 9.59 Å². The summed E-state index contributed by atoms with van der Waals surface area (Å²) in [5, 5.41) is 2.84. The third-order valence-electron chi connectivity index (χ3n) is 3.31. The molecular weight excluding hydrogens is 240 g/mol. The van der Waals surface area contributed by atoms with E-state index >= 15 is 0 Å². The van der Waals surface area contributed by atoms with Crippen LogP contribution in [-0.4, -0.2) is 29.8 Å². The highest BCUT2D eigenvalue weighted by molar-refractivity contribution is 5.94. The first-order valence-electron chi connectivity index (χ1n) is 6.79. The van der Waals surface area contributed by atoms with E-state index in [2.05, 4.69) is 5.32 Å². The highest BCUT2D eigenvalue weighted by Gasteiger charge is 2.19. The van der Waals surface area contributed by atoms with Crippen molar-refractivity contribution in [3.05, 3.63) is 29.8 Å². The van der Waals surface area contributed by atoms with E-state index in [1.807, 2.05) is 31.2 Å². The third-order valence-corrected chi connectivity index (χ3v) is 3.31. The molecule has 0 unspecified atom stereocenters. The van der Waals surface area contributed by atoms with Crippen LogP contribution >= 0.6 is 0 Å². The van der Waals surface area contributed by atoms with E-state index in [0.717, 1.165) is 30.5 Å². The summed E-state index contributed by atoms with van der Waals surface area (Å²) in [7, 11) is 0. The van der Waals surface area contributed by atoms with E-state index < -0.39 is 0 Å². The largest absolute Gasteiger partial charge is 0.333 e. The molecule has 102 valence electrons. The first kappa shape index (κ1) is 13.6. The number of hydrogen-bond donors (Lipinski definition) is 1. The average Bonchev–Trinajstić information content (AvgIpc) is 2.55. The van der Waals surface area contributed by atoms with Crippen LogP contribution in [0, 0.1) is 6.92 Å². The van der Waals surface area contributed by atoms with Gasteiger partial charge in [-0.15, -0.1) is 0 Å². The van der Waals surface area contributed by atoms with Crippen molar-refractivity contribution in [2.45, 2.75) is 32.6 Å². The molecule has 0 radical (unpaired) electrons. The van der Waals surface area contributed by atoms with Gasteiger partial charge in [0, 0.05) is 18.7 Å². The Balaban J connectivity index is 1.91. The lowest BCUT2D eigenvalue weighted by Crippen LogP contribution is -2.37. The van der Waals surface area contributed by atoms with Crippen LogP contribution in [0.5, 0.6) is 0 Å². The minimum Gasteiger partial charge on any atom is -0.333 e. The number of anilines is 1. The first-order chi connectivity index (χ1) is 9.15. The van der Waals surface area contributed by atoms with Crippen molar-refractivity contribution in [3.63, 3.8) is 0 Å². The van der Waals surface area contributed by atoms with Crippen LogP contribution in [0.15, 0.2) is 24.3 Å². The van der Waals surface area contributed by atoms with E-state index in [1.54, 1.807) is 4.90 Å². The summed E-state index contributed by atoms with van der Waals surface area (Å²) >= 11 is 0. The predicted molar refractivity (Wildman–Crippen MR) is 74.9 cm³/mol. The SMILES string of the molecule is Cc1cccc(NC(=O)CN2CCCCCC2=O)c1. The number of aryl methyl sites for hydroxylation is 1. The summed E-state index contributed by atoms with van der Waals surface area (Å²) in [6.45, 7) is 2.83. The molecule has 1 aromatic carbocycles. The van der Waals surface area contributed by atoms with Crippen molar-refractivity contribution >= 4 is 17.5 Å². The Morgan fingerprint density at radius 2 is 2.16 bits per heavy atom. The number of hydrogen-bond acceptors (Lipinski definition) is 2. The van der Waals surface area contributed by atoms with Crippen molar-refractivity contribution in [1.82, 2.24) is 4.90 Å². The molecule has 1 aromatic rings. The summed E-state index contributed by atoms with van der Waals surface area (Å²) in [4.78, 5) is 25.4. The second kappa shape index (κ2) is 6.36. The molecule has 0 aromatic heterocycles. The Hall–Kier alpha value is -1.84. The summed E-state index contributed by atoms with van der Waals surface area (Å²) in [6.07, 6.45) is 3.57. The van der Waals surface area contributed by atoms with Gasteiger partial charge in [-0.25, -0.2) is 0 Å². The highest BCUT2D eigenvalue weighted by atomic mass is 16.2. The molecule has 0 spiro atoms. The van der Waals surface area contributed by atoms with E-state index in [4.69, 9.17) is 0 Å². The number of nitrogens with one attached hydrogen (secondary N) is 1. The number of likely N-dealkylation sites (tertiary alicyclic amines) is 1. The van der Waals surface area contributed by atoms with Crippen molar-refractivity contribution in [3.8, 4) is 0 Å². The smallest absolute Gasteiger partial charge is 0.243 e. The molecule has 1 N–H and O–H groups in total. The van der Waals surface area contributed by atoms with Crippen LogP contribution in [0.3, 0.4) is 0 Å². The molecule has 4 heteroatoms. The minimum atomic E-state index is -0.124. The van der Waals surface area contributed by atoms with Gasteiger partial charge in [0.25, 0.3) is 0 Å². The van der Waals surface area contributed by atoms with E-state index in [1.165, 1.54) is 0 Å². The fourth-order valence-corrected chi connectivity index (χ4v) is 2.30. The molecule has 1 saturated heterocycles. The molecule has 0 saturated carbocycles. The maximum Gasteiger partial charge on any atom is 0.243 e. The topological polar surface area (TPSA) is 49.4 Å². The van der Waals surface area contributed by atoms with Crippen molar-refractivity contribution < 1.29 is 9.59 Å². The Labute approximate surface area is 113 Å². The van der Waals surface area contributed by atoms with Crippen LogP contribution < -0.4 is 5.32 Å². The van der Waals surface area contributed by atoms with Gasteiger partial charge in [-0.05, 0) is 37.5 Å². The number of rotatable bonds is 3. The molecule has 1 aliphatic rings. The second-order valence-electron chi connectivity index (χ2n) is 5.04. The van der Waals surface area contributed by atoms with Crippen molar-refractivity contribution in [2.24, 2.45) is 0 Å². The zero-order valence-electron chi connectivity index (χ0n) is 11.3. The highest BCUT2D eigenvalue weighted by Crippen LogP contribution is 2.12. The molecule has 4 nitrogen and oxygen atoms in total. The monoisotopic (exact) mass is 260 g/mol. The molecule has 0 bridgehead atoms. The number of carbonyl (C=O) groups is 2. The molecule has 19 heavy (non-hydrogen) atoms. The Bertz CT molecular complexity index is 471. The van der Waals surface area contributed by atoms with Crippen LogP contribution in [0.2, 0.25) is 0 Å². The molecule has 0 aliphatic carbocycles. The summed E-state index contributed by atoms with van der Waals surface area (Å²) in [5.74, 6) is -0.0299. The Morgan fingerprint density at radius 3 is 2.95 bits per heavy atom. The lowest BCUT2D eigenvalue weighted by molar-refractivity contribution is -0.134. The van der Waals surface area contributed by atoms with Gasteiger partial charge in [0.15, 0.2) is 0 Å². The lowest BCUT2D eigenvalue weighted by Gasteiger charge is -2.19. The number of nitrogens with zero attached hydrogens (tertiary/aromatic N) is 1. The van der Waals surface area contributed by atoms with Crippen molar-refractivity contribution in [1.29, 1.82) is 0 Å². The van der Waals surface area contributed by atoms with Gasteiger partial charge >= 0.3 is 0 Å². The molecule has 1 heterocycles. The summed E-state index contributed by atoms with van der Waals surface area (Å²) < 4.78 is 0. The Morgan fingerprint density at radius 1 is 1.32 bits per heavy atom. The standard InChI is InChI=1S/C15H20N2O2/c1-12-6-5-7-13(10-12)16-14(18)11-17-9-4-2-3-8-15(17)19/h5-7,10H,2-4,8-9,11H2,1H3,(H,16,18). The molecule has 2 rings (SSSR count). The summed E-state index contributed by atoms with van der Waals surface area (Å²) in [5.41, 5.74) is 1.89. The number of benzene rings is 1. The average molecular weight is 260 g/mol. The van der Waals surface area contributed by atoms with Crippen LogP contribution in [0.1, 0.15) is 31.2 Å². The van der Waals surface area contributed by atoms with E-state index in [0.29, 0.717) is 13.0 Å². The molecular formula is C15H20N2O2. The van der Waals surface area contributed by atoms with Gasteiger partial charge in [-0.3, -0.25) is 9.59 Å². The quantitative estimate of drug-likeness (QED) is 0.906. The van der Waals surface area contributed by atoms with E-state index in [-0.39, 0.29) is 18.4 Å². The maximum absolute atomic E-state index is 11.9. The normalized spacial score (nSPS) is 16.1. The third kappa shape index (κ3) is 4.09. The van der Waals surface area contributed by atoms with E-state index in [9.17, 15) is 9.59 Å². The molecule has 1 fully saturated rings. The van der Waals surface area contributed by atoms with Crippen LogP contribution in [0.25, 0.3) is 0 Å². The fraction of sp³-hybridized carbons (Fsp3) is 0.467. The number of carbonyl (C=O) groups excluding carboxylic acids is 2. The summed E-state index contributed by atoms with van der Waals surface area (Å²) in [6, 6.07) is 7.66. The molecule has 1 aliphatic heterocycles. The zero-order chi connectivity index (χ0) is 13.7. The first-order valence-corrected chi connectivity index (χ1v) is 6.79. The van der Waals surface area contributed by atoms with Gasteiger partial charge in [0.1, 0.15) is 0 Å². The van der Waals surface area contributed by atoms with Gasteiger partial charge in [0.05, 0.1) is 6.54 Å².